The standard InChI is InChI=1S/C10H11ClN2O/c1-13-5-7(6-14-12)9-3-2-8(11)4-10(9)13/h2-5H,6,12H2,1H3. The van der Waals surface area contributed by atoms with Gasteiger partial charge in [-0.3, -0.25) is 4.84 Å². The second-order valence-corrected chi connectivity index (χ2v) is 3.67. The van der Waals surface area contributed by atoms with Crippen LogP contribution in [-0.4, -0.2) is 4.57 Å². The molecule has 0 bridgehead atoms. The van der Waals surface area contributed by atoms with Crippen molar-refractivity contribution in [1.29, 1.82) is 0 Å². The largest absolute Gasteiger partial charge is 0.350 e. The average molecular weight is 211 g/mol. The van der Waals surface area contributed by atoms with E-state index < -0.39 is 0 Å². The number of halogens is 1. The lowest BCUT2D eigenvalue weighted by atomic mass is 10.2. The Bertz CT molecular complexity index is 464. The molecule has 2 rings (SSSR count). The minimum atomic E-state index is 0.416. The van der Waals surface area contributed by atoms with Crippen LogP contribution in [-0.2, 0) is 18.5 Å². The van der Waals surface area contributed by atoms with E-state index in [1.807, 2.05) is 36.0 Å². The molecule has 0 saturated carbocycles. The number of aryl methyl sites for hydroxylation is 1. The summed E-state index contributed by atoms with van der Waals surface area (Å²) in [5.74, 6) is 5.06. The van der Waals surface area contributed by atoms with Crippen LogP contribution in [0.15, 0.2) is 24.4 Å². The van der Waals surface area contributed by atoms with Gasteiger partial charge in [-0.15, -0.1) is 0 Å². The quantitative estimate of drug-likeness (QED) is 0.773. The summed E-state index contributed by atoms with van der Waals surface area (Å²) in [6, 6.07) is 5.77. The minimum absolute atomic E-state index is 0.416. The number of fused-ring (bicyclic) bond motifs is 1. The van der Waals surface area contributed by atoms with Gasteiger partial charge in [0, 0.05) is 34.7 Å². The van der Waals surface area contributed by atoms with Gasteiger partial charge in [-0.1, -0.05) is 17.7 Å². The van der Waals surface area contributed by atoms with Crippen molar-refractivity contribution in [2.45, 2.75) is 6.61 Å². The van der Waals surface area contributed by atoms with E-state index in [-0.39, 0.29) is 0 Å². The van der Waals surface area contributed by atoms with Crippen molar-refractivity contribution in [3.05, 3.63) is 35.0 Å². The van der Waals surface area contributed by atoms with Crippen LogP contribution in [0.25, 0.3) is 10.9 Å². The summed E-state index contributed by atoms with van der Waals surface area (Å²) in [7, 11) is 1.97. The lowest BCUT2D eigenvalue weighted by molar-refractivity contribution is 0.125. The summed E-state index contributed by atoms with van der Waals surface area (Å²) < 4.78 is 2.01. The Morgan fingerprint density at radius 3 is 3.00 bits per heavy atom. The van der Waals surface area contributed by atoms with Crippen molar-refractivity contribution in [3.8, 4) is 0 Å². The summed E-state index contributed by atoms with van der Waals surface area (Å²) in [6.45, 7) is 0.416. The van der Waals surface area contributed by atoms with Gasteiger partial charge in [-0.05, 0) is 12.1 Å². The van der Waals surface area contributed by atoms with Gasteiger partial charge in [0.25, 0.3) is 0 Å². The van der Waals surface area contributed by atoms with Crippen molar-refractivity contribution in [1.82, 2.24) is 4.57 Å². The first-order chi connectivity index (χ1) is 6.72. The number of nitrogens with two attached hydrogens (primary N) is 1. The van der Waals surface area contributed by atoms with E-state index in [2.05, 4.69) is 4.84 Å². The molecule has 0 unspecified atom stereocenters. The molecule has 0 aliphatic heterocycles. The summed E-state index contributed by atoms with van der Waals surface area (Å²) in [5.41, 5.74) is 2.16. The van der Waals surface area contributed by atoms with E-state index >= 15 is 0 Å². The van der Waals surface area contributed by atoms with Gasteiger partial charge in [0.2, 0.25) is 0 Å². The zero-order chi connectivity index (χ0) is 10.1. The van der Waals surface area contributed by atoms with E-state index in [1.54, 1.807) is 0 Å². The third kappa shape index (κ3) is 1.50. The molecule has 2 aromatic rings. The maximum atomic E-state index is 5.91. The zero-order valence-corrected chi connectivity index (χ0v) is 8.58. The SMILES string of the molecule is Cn1cc(CON)c2ccc(Cl)cc21. The molecule has 74 valence electrons. The van der Waals surface area contributed by atoms with Crippen LogP contribution < -0.4 is 5.90 Å². The van der Waals surface area contributed by atoms with E-state index in [0.29, 0.717) is 6.61 Å². The molecule has 1 aromatic heterocycles. The van der Waals surface area contributed by atoms with Crippen LogP contribution in [0, 0.1) is 0 Å². The normalized spacial score (nSPS) is 11.1. The zero-order valence-electron chi connectivity index (χ0n) is 7.83. The van der Waals surface area contributed by atoms with Gasteiger partial charge in [-0.2, -0.15) is 0 Å². The second-order valence-electron chi connectivity index (χ2n) is 3.24. The Balaban J connectivity index is 2.65. The van der Waals surface area contributed by atoms with Crippen molar-refractivity contribution in [2.24, 2.45) is 12.9 Å². The lowest BCUT2D eigenvalue weighted by Gasteiger charge is -1.97. The molecule has 0 fully saturated rings. The van der Waals surface area contributed by atoms with Crippen LogP contribution in [0.5, 0.6) is 0 Å². The number of hydrogen-bond acceptors (Lipinski definition) is 2. The van der Waals surface area contributed by atoms with Crippen LogP contribution in [0.3, 0.4) is 0 Å². The van der Waals surface area contributed by atoms with Gasteiger partial charge in [0.15, 0.2) is 0 Å². The molecular formula is C10H11ClN2O. The highest BCUT2D eigenvalue weighted by Gasteiger charge is 2.06. The van der Waals surface area contributed by atoms with Gasteiger partial charge in [-0.25, -0.2) is 5.90 Å². The Morgan fingerprint density at radius 2 is 2.29 bits per heavy atom. The van der Waals surface area contributed by atoms with E-state index in [0.717, 1.165) is 21.5 Å². The Kier molecular flexibility index (Phi) is 2.46. The van der Waals surface area contributed by atoms with E-state index in [4.69, 9.17) is 17.5 Å². The molecular weight excluding hydrogens is 200 g/mol. The van der Waals surface area contributed by atoms with Crippen molar-refractivity contribution in [3.63, 3.8) is 0 Å². The van der Waals surface area contributed by atoms with Gasteiger partial charge in [0.1, 0.15) is 0 Å². The highest BCUT2D eigenvalue weighted by Crippen LogP contribution is 2.24. The highest BCUT2D eigenvalue weighted by molar-refractivity contribution is 6.31. The molecule has 1 aromatic carbocycles. The van der Waals surface area contributed by atoms with E-state index in [9.17, 15) is 0 Å². The molecule has 4 heteroatoms. The maximum absolute atomic E-state index is 5.91. The van der Waals surface area contributed by atoms with Crippen molar-refractivity contribution < 1.29 is 4.84 Å². The second kappa shape index (κ2) is 3.61. The molecule has 0 amide bonds. The smallest absolute Gasteiger partial charge is 0.0950 e. The molecule has 0 atom stereocenters. The third-order valence-corrected chi connectivity index (χ3v) is 2.51. The Morgan fingerprint density at radius 1 is 1.50 bits per heavy atom. The van der Waals surface area contributed by atoms with Gasteiger partial charge in [0.05, 0.1) is 6.61 Å². The predicted octanol–water partition coefficient (Wildman–Crippen LogP) is 2.22. The van der Waals surface area contributed by atoms with Crippen LogP contribution in [0.4, 0.5) is 0 Å². The van der Waals surface area contributed by atoms with Crippen LogP contribution >= 0.6 is 11.6 Å². The first-order valence-electron chi connectivity index (χ1n) is 4.27. The number of benzene rings is 1. The third-order valence-electron chi connectivity index (χ3n) is 2.27. The minimum Gasteiger partial charge on any atom is -0.350 e. The fourth-order valence-electron chi connectivity index (χ4n) is 1.65. The molecule has 0 spiro atoms. The maximum Gasteiger partial charge on any atom is 0.0950 e. The van der Waals surface area contributed by atoms with Gasteiger partial charge < -0.3 is 4.57 Å². The summed E-state index contributed by atoms with van der Waals surface area (Å²) in [4.78, 5) is 4.63. The number of hydrogen-bond donors (Lipinski definition) is 1. The van der Waals surface area contributed by atoms with Gasteiger partial charge >= 0.3 is 0 Å². The van der Waals surface area contributed by atoms with Crippen LogP contribution in [0.2, 0.25) is 5.02 Å². The fraction of sp³-hybridized carbons (Fsp3) is 0.200. The molecule has 0 aliphatic rings. The predicted molar refractivity (Wildman–Crippen MR) is 56.9 cm³/mol. The number of nitrogens with zero attached hydrogens (tertiary/aromatic N) is 1. The molecule has 1 heterocycles. The molecule has 2 N–H and O–H groups in total. The summed E-state index contributed by atoms with van der Waals surface area (Å²) in [6.07, 6.45) is 1.99. The average Bonchev–Trinajstić information content (AvgIpc) is 2.44. The monoisotopic (exact) mass is 210 g/mol. The number of rotatable bonds is 2. The molecule has 0 aliphatic carbocycles. The topological polar surface area (TPSA) is 40.2 Å². The fourth-order valence-corrected chi connectivity index (χ4v) is 1.81. The molecule has 0 radical (unpaired) electrons. The van der Waals surface area contributed by atoms with E-state index in [1.165, 1.54) is 0 Å². The Hall–Kier alpha value is -1.03. The van der Waals surface area contributed by atoms with Crippen LogP contribution in [0.1, 0.15) is 5.56 Å². The molecule has 14 heavy (non-hydrogen) atoms. The first-order valence-corrected chi connectivity index (χ1v) is 4.65. The molecule has 0 saturated heterocycles. The molecule has 3 nitrogen and oxygen atoms in total. The highest BCUT2D eigenvalue weighted by atomic mass is 35.5. The van der Waals surface area contributed by atoms with Crippen molar-refractivity contribution in [2.75, 3.05) is 0 Å². The Labute approximate surface area is 87.0 Å². The number of aromatic nitrogens is 1. The first kappa shape index (κ1) is 9.52. The lowest BCUT2D eigenvalue weighted by Crippen LogP contribution is -1.97. The summed E-state index contributed by atoms with van der Waals surface area (Å²) in [5, 5.41) is 1.86. The summed E-state index contributed by atoms with van der Waals surface area (Å²) >= 11 is 5.91. The van der Waals surface area contributed by atoms with Crippen molar-refractivity contribution >= 4 is 22.5 Å².